The van der Waals surface area contributed by atoms with Crippen molar-refractivity contribution < 1.29 is 9.53 Å². The van der Waals surface area contributed by atoms with E-state index in [0.717, 1.165) is 6.54 Å². The van der Waals surface area contributed by atoms with Crippen molar-refractivity contribution in [2.45, 2.75) is 26.3 Å². The van der Waals surface area contributed by atoms with Crippen molar-refractivity contribution >= 4 is 5.97 Å². The van der Waals surface area contributed by atoms with Crippen molar-refractivity contribution in [1.29, 1.82) is 0 Å². The van der Waals surface area contributed by atoms with Crippen LogP contribution < -0.4 is 0 Å². The summed E-state index contributed by atoms with van der Waals surface area (Å²) < 4.78 is 4.66. The third-order valence-electron chi connectivity index (χ3n) is 2.11. The quantitative estimate of drug-likeness (QED) is 0.573. The van der Waals surface area contributed by atoms with Gasteiger partial charge < -0.3 is 4.74 Å². The Morgan fingerprint density at radius 2 is 2.00 bits per heavy atom. The molecule has 0 fully saturated rings. The normalized spacial score (nSPS) is 11.8. The fourth-order valence-electron chi connectivity index (χ4n) is 0.801. The third kappa shape index (κ3) is 2.19. The van der Waals surface area contributed by atoms with E-state index in [2.05, 4.69) is 4.74 Å². The molecule has 66 valence electrons. The first-order valence-corrected chi connectivity index (χ1v) is 3.76. The van der Waals surface area contributed by atoms with Crippen LogP contribution in [0.15, 0.2) is 0 Å². The lowest BCUT2D eigenvalue weighted by atomic mass is 10.0. The molecule has 3 nitrogen and oxygen atoms in total. The third-order valence-corrected chi connectivity index (χ3v) is 2.11. The lowest BCUT2D eigenvalue weighted by Gasteiger charge is -2.31. The summed E-state index contributed by atoms with van der Waals surface area (Å²) in [5.74, 6) is -0.193. The van der Waals surface area contributed by atoms with Crippen molar-refractivity contribution in [2.24, 2.45) is 0 Å². The number of ether oxygens (including phenoxy) is 1. The van der Waals surface area contributed by atoms with Gasteiger partial charge in [-0.25, -0.2) is 0 Å². The van der Waals surface area contributed by atoms with Gasteiger partial charge in [0, 0.05) is 0 Å². The second kappa shape index (κ2) is 3.72. The Balaban J connectivity index is 4.31. The molecule has 0 atom stereocenters. The van der Waals surface area contributed by atoms with Crippen LogP contribution in [0.4, 0.5) is 0 Å². The summed E-state index contributed by atoms with van der Waals surface area (Å²) in [4.78, 5) is 13.1. The number of hydrogen-bond donors (Lipinski definition) is 0. The smallest absolute Gasteiger partial charge is 0.325 e. The average molecular weight is 159 g/mol. The highest BCUT2D eigenvalue weighted by atomic mass is 16.5. The molecule has 0 saturated heterocycles. The highest BCUT2D eigenvalue weighted by molar-refractivity contribution is 5.79. The van der Waals surface area contributed by atoms with Crippen molar-refractivity contribution in [1.82, 2.24) is 4.90 Å². The van der Waals surface area contributed by atoms with Crippen LogP contribution in [0, 0.1) is 0 Å². The van der Waals surface area contributed by atoms with Crippen LogP contribution >= 0.6 is 0 Å². The van der Waals surface area contributed by atoms with Crippen molar-refractivity contribution in [3.63, 3.8) is 0 Å². The van der Waals surface area contributed by atoms with E-state index in [4.69, 9.17) is 0 Å². The first-order valence-electron chi connectivity index (χ1n) is 3.76. The summed E-state index contributed by atoms with van der Waals surface area (Å²) in [6, 6.07) is 0. The number of carbonyl (C=O) groups excluding carboxylic acids is 1. The Kier molecular flexibility index (Phi) is 3.52. The van der Waals surface area contributed by atoms with Crippen LogP contribution in [0.5, 0.6) is 0 Å². The van der Waals surface area contributed by atoms with Crippen LogP contribution in [0.25, 0.3) is 0 Å². The molecule has 3 heteroatoms. The van der Waals surface area contributed by atoms with Gasteiger partial charge in [-0.1, -0.05) is 6.92 Å². The monoisotopic (exact) mass is 159 g/mol. The maximum atomic E-state index is 11.2. The second-order valence-corrected chi connectivity index (χ2v) is 3.06. The van der Waals surface area contributed by atoms with Crippen LogP contribution in [0.2, 0.25) is 0 Å². The first kappa shape index (κ1) is 10.4. The fraction of sp³-hybridized carbons (Fsp3) is 0.875. The summed E-state index contributed by atoms with van der Waals surface area (Å²) in [5, 5.41) is 0. The van der Waals surface area contributed by atoms with Gasteiger partial charge in [0.1, 0.15) is 5.54 Å². The van der Waals surface area contributed by atoms with Gasteiger partial charge in [0.05, 0.1) is 7.11 Å². The van der Waals surface area contributed by atoms with E-state index >= 15 is 0 Å². The molecule has 0 radical (unpaired) electrons. The van der Waals surface area contributed by atoms with Gasteiger partial charge in [0.25, 0.3) is 0 Å². The van der Waals surface area contributed by atoms with E-state index in [1.54, 1.807) is 0 Å². The number of hydrogen-bond acceptors (Lipinski definition) is 3. The fourth-order valence-corrected chi connectivity index (χ4v) is 0.801. The second-order valence-electron chi connectivity index (χ2n) is 3.06. The largest absolute Gasteiger partial charge is 0.468 e. The maximum absolute atomic E-state index is 11.2. The topological polar surface area (TPSA) is 29.5 Å². The number of nitrogens with zero attached hydrogens (tertiary/aromatic N) is 1. The molecule has 0 unspecified atom stereocenters. The molecule has 0 spiro atoms. The van der Waals surface area contributed by atoms with Crippen molar-refractivity contribution in [2.75, 3.05) is 20.7 Å². The molecule has 0 aromatic heterocycles. The Morgan fingerprint density at radius 3 is 2.27 bits per heavy atom. The Hall–Kier alpha value is -0.570. The molecule has 0 aliphatic heterocycles. The lowest BCUT2D eigenvalue weighted by molar-refractivity contribution is -0.152. The van der Waals surface area contributed by atoms with Crippen LogP contribution in [0.1, 0.15) is 20.8 Å². The molecular formula is C8H17NO2. The zero-order valence-electron chi connectivity index (χ0n) is 7.97. The summed E-state index contributed by atoms with van der Waals surface area (Å²) in [6.07, 6.45) is 0. The first-order chi connectivity index (χ1) is 4.96. The molecule has 0 rings (SSSR count). The minimum absolute atomic E-state index is 0.193. The van der Waals surface area contributed by atoms with Crippen LogP contribution in [-0.4, -0.2) is 37.1 Å². The van der Waals surface area contributed by atoms with Crippen LogP contribution in [0.3, 0.4) is 0 Å². The van der Waals surface area contributed by atoms with E-state index in [9.17, 15) is 4.79 Å². The molecule has 0 saturated carbocycles. The maximum Gasteiger partial charge on any atom is 0.325 e. The number of likely N-dealkylation sites (N-methyl/N-ethyl adjacent to an activating group) is 1. The molecule has 0 aliphatic carbocycles. The van der Waals surface area contributed by atoms with E-state index < -0.39 is 5.54 Å². The molecule has 0 aromatic carbocycles. The Labute approximate surface area is 68.3 Å². The number of methoxy groups -OCH3 is 1. The Morgan fingerprint density at radius 1 is 1.55 bits per heavy atom. The summed E-state index contributed by atoms with van der Waals surface area (Å²) >= 11 is 0. The molecule has 0 bridgehead atoms. The van der Waals surface area contributed by atoms with E-state index in [1.807, 2.05) is 32.7 Å². The molecule has 0 N–H and O–H groups in total. The molecule has 0 aliphatic rings. The van der Waals surface area contributed by atoms with Crippen molar-refractivity contribution in [3.8, 4) is 0 Å². The van der Waals surface area contributed by atoms with Gasteiger partial charge in [-0.3, -0.25) is 9.69 Å². The van der Waals surface area contributed by atoms with Gasteiger partial charge in [0.2, 0.25) is 0 Å². The predicted octanol–water partition coefficient (Wildman–Crippen LogP) is 0.890. The van der Waals surface area contributed by atoms with E-state index in [-0.39, 0.29) is 5.97 Å². The van der Waals surface area contributed by atoms with Crippen LogP contribution in [-0.2, 0) is 9.53 Å². The Bertz CT molecular complexity index is 143. The zero-order valence-corrected chi connectivity index (χ0v) is 7.97. The van der Waals surface area contributed by atoms with Gasteiger partial charge in [0.15, 0.2) is 0 Å². The number of rotatable bonds is 3. The standard InChI is InChI=1S/C8H17NO2/c1-6-9(4)8(2,3)7(10)11-5/h6H2,1-5H3. The minimum atomic E-state index is -0.510. The summed E-state index contributed by atoms with van der Waals surface area (Å²) in [6.45, 7) is 6.54. The van der Waals surface area contributed by atoms with E-state index in [0.29, 0.717) is 0 Å². The molecule has 0 heterocycles. The highest BCUT2D eigenvalue weighted by Crippen LogP contribution is 2.12. The zero-order chi connectivity index (χ0) is 9.07. The minimum Gasteiger partial charge on any atom is -0.468 e. The van der Waals surface area contributed by atoms with E-state index in [1.165, 1.54) is 7.11 Å². The predicted molar refractivity (Wildman–Crippen MR) is 44.4 cm³/mol. The highest BCUT2D eigenvalue weighted by Gasteiger charge is 2.31. The van der Waals surface area contributed by atoms with Gasteiger partial charge in [-0.2, -0.15) is 0 Å². The van der Waals surface area contributed by atoms with Gasteiger partial charge in [-0.15, -0.1) is 0 Å². The molecule has 0 amide bonds. The molecule has 11 heavy (non-hydrogen) atoms. The lowest BCUT2D eigenvalue weighted by Crippen LogP contribution is -2.48. The van der Waals surface area contributed by atoms with Gasteiger partial charge >= 0.3 is 5.97 Å². The number of esters is 1. The van der Waals surface area contributed by atoms with Crippen molar-refractivity contribution in [3.05, 3.63) is 0 Å². The molecule has 0 aromatic rings. The molecular weight excluding hydrogens is 142 g/mol. The van der Waals surface area contributed by atoms with Gasteiger partial charge in [-0.05, 0) is 27.4 Å². The number of carbonyl (C=O) groups is 1. The SMILES string of the molecule is CCN(C)C(C)(C)C(=O)OC. The average Bonchev–Trinajstić information content (AvgIpc) is 2.01. The summed E-state index contributed by atoms with van der Waals surface area (Å²) in [5.41, 5.74) is -0.510. The summed E-state index contributed by atoms with van der Waals surface area (Å²) in [7, 11) is 3.31.